The van der Waals surface area contributed by atoms with Crippen molar-refractivity contribution in [3.63, 3.8) is 0 Å². The second kappa shape index (κ2) is 6.43. The quantitative estimate of drug-likeness (QED) is 0.847. The molecule has 2 rings (SSSR count). The number of likely N-dealkylation sites (tertiary alicyclic amines) is 1. The summed E-state index contributed by atoms with van der Waals surface area (Å²) in [5, 5.41) is 8.94. The minimum Gasteiger partial charge on any atom is -0.481 e. The highest BCUT2D eigenvalue weighted by molar-refractivity contribution is 5.76. The van der Waals surface area contributed by atoms with Crippen LogP contribution in [0.25, 0.3) is 0 Å². The van der Waals surface area contributed by atoms with Gasteiger partial charge in [-0.2, -0.15) is 0 Å². The lowest BCUT2D eigenvalue weighted by molar-refractivity contribution is -0.139. The number of rotatable bonds is 3. The Hall–Kier alpha value is -1.30. The molecule has 1 N–H and O–H groups in total. The molecule has 2 aliphatic rings. The number of morpholine rings is 1. The van der Waals surface area contributed by atoms with Crippen molar-refractivity contribution in [3.05, 3.63) is 0 Å². The number of hydrogen-bond donors (Lipinski definition) is 1. The zero-order chi connectivity index (χ0) is 14.7. The third-order valence-corrected chi connectivity index (χ3v) is 4.32. The maximum absolute atomic E-state index is 12.6. The second-order valence-corrected chi connectivity index (χ2v) is 6.04. The molecule has 2 unspecified atom stereocenters. The van der Waals surface area contributed by atoms with Crippen LogP contribution in [-0.4, -0.2) is 65.8 Å². The fourth-order valence-electron chi connectivity index (χ4n) is 2.96. The summed E-state index contributed by atoms with van der Waals surface area (Å²) in [4.78, 5) is 27.0. The molecule has 2 atom stereocenters. The molecule has 0 saturated carbocycles. The second-order valence-electron chi connectivity index (χ2n) is 6.04. The van der Waals surface area contributed by atoms with Gasteiger partial charge >= 0.3 is 12.0 Å². The van der Waals surface area contributed by atoms with Crippen molar-refractivity contribution in [1.82, 2.24) is 9.80 Å². The summed E-state index contributed by atoms with van der Waals surface area (Å²) in [7, 11) is 0. The van der Waals surface area contributed by atoms with E-state index in [1.807, 2.05) is 4.90 Å². The lowest BCUT2D eigenvalue weighted by Crippen LogP contribution is -2.53. The van der Waals surface area contributed by atoms with Gasteiger partial charge < -0.3 is 19.6 Å². The first-order valence-corrected chi connectivity index (χ1v) is 7.34. The summed E-state index contributed by atoms with van der Waals surface area (Å²) in [5.74, 6) is 0.241. The fourth-order valence-corrected chi connectivity index (χ4v) is 2.96. The number of carboxylic acids is 1. The van der Waals surface area contributed by atoms with E-state index >= 15 is 0 Å². The highest BCUT2D eigenvalue weighted by Crippen LogP contribution is 2.25. The van der Waals surface area contributed by atoms with Gasteiger partial charge in [-0.1, -0.05) is 13.8 Å². The first-order chi connectivity index (χ1) is 9.49. The van der Waals surface area contributed by atoms with Crippen LogP contribution in [0.5, 0.6) is 0 Å². The summed E-state index contributed by atoms with van der Waals surface area (Å²) >= 11 is 0. The minimum atomic E-state index is -0.889. The van der Waals surface area contributed by atoms with Crippen molar-refractivity contribution in [3.8, 4) is 0 Å². The van der Waals surface area contributed by atoms with E-state index in [2.05, 4.69) is 13.8 Å². The molecule has 0 aromatic heterocycles. The topological polar surface area (TPSA) is 70.1 Å². The van der Waals surface area contributed by atoms with Crippen molar-refractivity contribution in [2.45, 2.75) is 32.7 Å². The number of amides is 2. The Morgan fingerprint density at radius 2 is 2.10 bits per heavy atom. The van der Waals surface area contributed by atoms with E-state index < -0.39 is 5.97 Å². The van der Waals surface area contributed by atoms with Crippen molar-refractivity contribution < 1.29 is 19.4 Å². The molecule has 2 aliphatic heterocycles. The third kappa shape index (κ3) is 3.42. The molecule has 0 aromatic carbocycles. The molecular formula is C14H24N2O4. The first kappa shape index (κ1) is 15.1. The highest BCUT2D eigenvalue weighted by atomic mass is 16.5. The van der Waals surface area contributed by atoms with Crippen LogP contribution in [0.1, 0.15) is 26.7 Å². The summed E-state index contributed by atoms with van der Waals surface area (Å²) in [5.41, 5.74) is 0. The van der Waals surface area contributed by atoms with E-state index in [4.69, 9.17) is 9.84 Å². The van der Waals surface area contributed by atoms with Gasteiger partial charge in [0.2, 0.25) is 0 Å². The minimum absolute atomic E-state index is 0.0253. The molecule has 0 aromatic rings. The molecular weight excluding hydrogens is 260 g/mol. The molecule has 6 nitrogen and oxygen atoms in total. The van der Waals surface area contributed by atoms with Crippen LogP contribution < -0.4 is 0 Å². The van der Waals surface area contributed by atoms with Crippen molar-refractivity contribution in [2.24, 2.45) is 11.8 Å². The van der Waals surface area contributed by atoms with Gasteiger partial charge in [-0.25, -0.2) is 4.79 Å². The average molecular weight is 284 g/mol. The number of ether oxygens (including phenoxy) is 1. The Bertz CT molecular complexity index is 372. The number of hydrogen-bond acceptors (Lipinski definition) is 3. The van der Waals surface area contributed by atoms with E-state index in [-0.39, 0.29) is 18.5 Å². The number of carbonyl (C=O) groups is 2. The molecule has 2 saturated heterocycles. The fraction of sp³-hybridized carbons (Fsp3) is 0.857. The number of urea groups is 1. The molecule has 2 amide bonds. The predicted molar refractivity (Wildman–Crippen MR) is 73.5 cm³/mol. The van der Waals surface area contributed by atoms with Crippen LogP contribution in [0.2, 0.25) is 0 Å². The predicted octanol–water partition coefficient (Wildman–Crippen LogP) is 1.26. The number of carbonyl (C=O) groups excluding carboxylic acids is 1. The SMILES string of the molecule is CC(C)C1CCN(C(=O)N2CCOCC2CC(=O)O)C1. The Labute approximate surface area is 119 Å². The van der Waals surface area contributed by atoms with E-state index in [1.165, 1.54) is 0 Å². The Balaban J connectivity index is 1.97. The molecule has 2 heterocycles. The molecule has 0 aliphatic carbocycles. The van der Waals surface area contributed by atoms with Gasteiger partial charge in [0.05, 0.1) is 25.7 Å². The summed E-state index contributed by atoms with van der Waals surface area (Å²) in [6.45, 7) is 7.22. The van der Waals surface area contributed by atoms with Crippen LogP contribution in [0.15, 0.2) is 0 Å². The summed E-state index contributed by atoms with van der Waals surface area (Å²) in [6.07, 6.45) is 0.991. The maximum Gasteiger partial charge on any atom is 0.320 e. The van der Waals surface area contributed by atoms with E-state index in [0.29, 0.717) is 31.6 Å². The van der Waals surface area contributed by atoms with E-state index in [0.717, 1.165) is 19.5 Å². The number of nitrogens with zero attached hydrogens (tertiary/aromatic N) is 2. The van der Waals surface area contributed by atoms with Crippen LogP contribution in [0.3, 0.4) is 0 Å². The molecule has 6 heteroatoms. The molecule has 0 bridgehead atoms. The lowest BCUT2D eigenvalue weighted by Gasteiger charge is -2.37. The molecule has 0 radical (unpaired) electrons. The number of aliphatic carboxylic acids is 1. The van der Waals surface area contributed by atoms with Gasteiger partial charge in [-0.15, -0.1) is 0 Å². The Morgan fingerprint density at radius 1 is 1.35 bits per heavy atom. The van der Waals surface area contributed by atoms with Gasteiger partial charge in [0.25, 0.3) is 0 Å². The average Bonchev–Trinajstić information content (AvgIpc) is 2.87. The van der Waals surface area contributed by atoms with E-state index in [1.54, 1.807) is 4.90 Å². The lowest BCUT2D eigenvalue weighted by atomic mass is 9.95. The van der Waals surface area contributed by atoms with Crippen molar-refractivity contribution >= 4 is 12.0 Å². The van der Waals surface area contributed by atoms with Gasteiger partial charge in [0, 0.05) is 19.6 Å². The van der Waals surface area contributed by atoms with E-state index in [9.17, 15) is 9.59 Å². The van der Waals surface area contributed by atoms with Gasteiger partial charge in [0.15, 0.2) is 0 Å². The van der Waals surface area contributed by atoms with Gasteiger partial charge in [-0.05, 0) is 18.3 Å². The van der Waals surface area contributed by atoms with Crippen molar-refractivity contribution in [1.29, 1.82) is 0 Å². The number of carboxylic acid groups (broad SMARTS) is 1. The Morgan fingerprint density at radius 3 is 2.70 bits per heavy atom. The van der Waals surface area contributed by atoms with Crippen LogP contribution in [0, 0.1) is 11.8 Å². The molecule has 20 heavy (non-hydrogen) atoms. The maximum atomic E-state index is 12.6. The molecule has 0 spiro atoms. The summed E-state index contributed by atoms with van der Waals surface area (Å²) in [6, 6.07) is -0.366. The van der Waals surface area contributed by atoms with Crippen LogP contribution in [0.4, 0.5) is 4.79 Å². The molecule has 2 fully saturated rings. The smallest absolute Gasteiger partial charge is 0.320 e. The first-order valence-electron chi connectivity index (χ1n) is 7.34. The Kier molecular flexibility index (Phi) is 4.86. The highest BCUT2D eigenvalue weighted by Gasteiger charge is 2.35. The van der Waals surface area contributed by atoms with Crippen LogP contribution >= 0.6 is 0 Å². The monoisotopic (exact) mass is 284 g/mol. The molecule has 114 valence electrons. The van der Waals surface area contributed by atoms with Crippen LogP contribution in [-0.2, 0) is 9.53 Å². The van der Waals surface area contributed by atoms with Crippen molar-refractivity contribution in [2.75, 3.05) is 32.8 Å². The van der Waals surface area contributed by atoms with Gasteiger partial charge in [-0.3, -0.25) is 4.79 Å². The zero-order valence-electron chi connectivity index (χ0n) is 12.2. The van der Waals surface area contributed by atoms with Gasteiger partial charge in [0.1, 0.15) is 0 Å². The third-order valence-electron chi connectivity index (χ3n) is 4.32. The zero-order valence-corrected chi connectivity index (χ0v) is 12.2. The summed E-state index contributed by atoms with van der Waals surface area (Å²) < 4.78 is 5.31. The standard InChI is InChI=1S/C14H24N2O4/c1-10(2)11-3-4-15(8-11)14(19)16-5-6-20-9-12(16)7-13(17)18/h10-12H,3-9H2,1-2H3,(H,17,18). The largest absolute Gasteiger partial charge is 0.481 e. The normalized spacial score (nSPS) is 27.1.